The monoisotopic (exact) mass is 260 g/mol. The first-order chi connectivity index (χ1) is 9.21. The van der Waals surface area contributed by atoms with Crippen LogP contribution in [0.2, 0.25) is 0 Å². The summed E-state index contributed by atoms with van der Waals surface area (Å²) >= 11 is 0. The maximum absolute atomic E-state index is 11.8. The van der Waals surface area contributed by atoms with Gasteiger partial charge in [-0.15, -0.1) is 0 Å². The third-order valence-corrected chi connectivity index (χ3v) is 2.90. The Hall–Kier alpha value is -1.86. The number of carbonyl (C=O) groups is 1. The summed E-state index contributed by atoms with van der Waals surface area (Å²) in [6.07, 6.45) is 2.14. The molecule has 102 valence electrons. The van der Waals surface area contributed by atoms with Crippen LogP contribution in [0.4, 0.5) is 0 Å². The topological polar surface area (TPSA) is 62.1 Å². The van der Waals surface area contributed by atoms with Gasteiger partial charge in [0, 0.05) is 0 Å². The predicted octanol–water partition coefficient (Wildman–Crippen LogP) is 2.05. The number of carbonyl (C=O) groups excluding carboxylic acids is 1. The summed E-state index contributed by atoms with van der Waals surface area (Å²) in [5, 5.41) is 12.1. The molecule has 0 radical (unpaired) electrons. The zero-order chi connectivity index (χ0) is 14.1. The molecule has 0 aromatic heterocycles. The van der Waals surface area contributed by atoms with Crippen molar-refractivity contribution in [2.45, 2.75) is 38.3 Å². The molecule has 19 heavy (non-hydrogen) atoms. The largest absolute Gasteiger partial charge is 0.468 e. The van der Waals surface area contributed by atoms with E-state index in [0.717, 1.165) is 18.4 Å². The number of rotatable bonds is 7. The summed E-state index contributed by atoms with van der Waals surface area (Å²) in [5.41, 5.74) is 1.04. The molecule has 0 aliphatic rings. The van der Waals surface area contributed by atoms with Gasteiger partial charge in [-0.2, -0.15) is 5.26 Å². The lowest BCUT2D eigenvalue weighted by Gasteiger charge is -2.19. The summed E-state index contributed by atoms with van der Waals surface area (Å²) < 4.78 is 4.80. The van der Waals surface area contributed by atoms with E-state index in [4.69, 9.17) is 10.00 Å². The van der Waals surface area contributed by atoms with Crippen LogP contribution in [0.15, 0.2) is 30.3 Å². The van der Waals surface area contributed by atoms with Crippen LogP contribution in [0.1, 0.15) is 25.3 Å². The second-order valence-electron chi connectivity index (χ2n) is 4.40. The van der Waals surface area contributed by atoms with Crippen LogP contribution in [0.5, 0.6) is 0 Å². The molecule has 1 N–H and O–H groups in total. The molecule has 2 atom stereocenters. The van der Waals surface area contributed by atoms with Crippen molar-refractivity contribution in [2.75, 3.05) is 7.11 Å². The lowest BCUT2D eigenvalue weighted by atomic mass is 10.0. The van der Waals surface area contributed by atoms with Crippen LogP contribution >= 0.6 is 0 Å². The molecular formula is C15H20N2O2. The fraction of sp³-hybridized carbons (Fsp3) is 0.467. The molecule has 0 saturated carbocycles. The van der Waals surface area contributed by atoms with Gasteiger partial charge < -0.3 is 4.74 Å². The number of hydrogen-bond acceptors (Lipinski definition) is 4. The number of methoxy groups -OCH3 is 1. The van der Waals surface area contributed by atoms with E-state index >= 15 is 0 Å². The SMILES string of the molecule is CCC[C@@H](C#N)N[C@@H](Cc1ccccc1)C(=O)OC. The molecule has 0 bridgehead atoms. The molecule has 0 heterocycles. The highest BCUT2D eigenvalue weighted by Crippen LogP contribution is 2.07. The Labute approximate surface area is 114 Å². The number of esters is 1. The smallest absolute Gasteiger partial charge is 0.323 e. The predicted molar refractivity (Wildman–Crippen MR) is 73.4 cm³/mol. The van der Waals surface area contributed by atoms with E-state index in [2.05, 4.69) is 11.4 Å². The zero-order valence-corrected chi connectivity index (χ0v) is 11.4. The quantitative estimate of drug-likeness (QED) is 0.762. The van der Waals surface area contributed by atoms with Gasteiger partial charge in [-0.3, -0.25) is 10.1 Å². The van der Waals surface area contributed by atoms with E-state index < -0.39 is 6.04 Å². The Balaban J connectivity index is 2.72. The normalized spacial score (nSPS) is 13.3. The molecule has 0 unspecified atom stereocenters. The van der Waals surface area contributed by atoms with Gasteiger partial charge in [0.1, 0.15) is 6.04 Å². The van der Waals surface area contributed by atoms with Crippen LogP contribution in [0, 0.1) is 11.3 Å². The number of nitrogens with zero attached hydrogens (tertiary/aromatic N) is 1. The number of ether oxygens (including phenoxy) is 1. The van der Waals surface area contributed by atoms with Gasteiger partial charge in [0.25, 0.3) is 0 Å². The molecule has 0 amide bonds. The highest BCUT2D eigenvalue weighted by Gasteiger charge is 2.22. The molecule has 1 rings (SSSR count). The third-order valence-electron chi connectivity index (χ3n) is 2.90. The van der Waals surface area contributed by atoms with Gasteiger partial charge in [0.05, 0.1) is 19.2 Å². The van der Waals surface area contributed by atoms with Crippen LogP contribution in [-0.2, 0) is 16.0 Å². The first-order valence-corrected chi connectivity index (χ1v) is 6.48. The summed E-state index contributed by atoms with van der Waals surface area (Å²) in [5.74, 6) is -0.333. The fourth-order valence-electron chi connectivity index (χ4n) is 1.92. The fourth-order valence-corrected chi connectivity index (χ4v) is 1.92. The molecule has 0 spiro atoms. The summed E-state index contributed by atoms with van der Waals surface area (Å²) in [6.45, 7) is 2.01. The van der Waals surface area contributed by atoms with E-state index in [1.165, 1.54) is 7.11 Å². The molecule has 1 aromatic carbocycles. The number of nitriles is 1. The maximum atomic E-state index is 11.8. The van der Waals surface area contributed by atoms with E-state index in [0.29, 0.717) is 6.42 Å². The van der Waals surface area contributed by atoms with Gasteiger partial charge in [0.15, 0.2) is 0 Å². The van der Waals surface area contributed by atoms with Crippen molar-refractivity contribution in [3.63, 3.8) is 0 Å². The summed E-state index contributed by atoms with van der Waals surface area (Å²) in [7, 11) is 1.36. The molecule has 0 saturated heterocycles. The number of hydrogen-bond donors (Lipinski definition) is 1. The average molecular weight is 260 g/mol. The lowest BCUT2D eigenvalue weighted by Crippen LogP contribution is -2.44. The van der Waals surface area contributed by atoms with Crippen molar-refractivity contribution in [2.24, 2.45) is 0 Å². The Morgan fingerprint density at radius 1 is 1.42 bits per heavy atom. The van der Waals surface area contributed by atoms with E-state index in [1.807, 2.05) is 37.3 Å². The van der Waals surface area contributed by atoms with E-state index in [1.54, 1.807) is 0 Å². The van der Waals surface area contributed by atoms with Crippen molar-refractivity contribution in [1.82, 2.24) is 5.32 Å². The van der Waals surface area contributed by atoms with Crippen LogP contribution in [0.3, 0.4) is 0 Å². The average Bonchev–Trinajstić information content (AvgIpc) is 2.46. The van der Waals surface area contributed by atoms with Gasteiger partial charge in [-0.05, 0) is 18.4 Å². The zero-order valence-electron chi connectivity index (χ0n) is 11.4. The Morgan fingerprint density at radius 3 is 2.63 bits per heavy atom. The number of benzene rings is 1. The third kappa shape index (κ3) is 5.11. The van der Waals surface area contributed by atoms with Crippen molar-refractivity contribution in [1.29, 1.82) is 5.26 Å². The summed E-state index contributed by atoms with van der Waals surface area (Å²) in [6, 6.07) is 11.1. The number of nitrogens with one attached hydrogen (secondary N) is 1. The van der Waals surface area contributed by atoms with E-state index in [9.17, 15) is 4.79 Å². The Kier molecular flexibility index (Phi) is 6.62. The molecule has 0 aliphatic carbocycles. The molecular weight excluding hydrogens is 240 g/mol. The molecule has 1 aromatic rings. The van der Waals surface area contributed by atoms with Crippen molar-refractivity contribution in [3.8, 4) is 6.07 Å². The minimum absolute atomic E-state index is 0.321. The highest BCUT2D eigenvalue weighted by atomic mass is 16.5. The van der Waals surface area contributed by atoms with Crippen LogP contribution in [0.25, 0.3) is 0 Å². The summed E-state index contributed by atoms with van der Waals surface area (Å²) in [4.78, 5) is 11.8. The van der Waals surface area contributed by atoms with Crippen molar-refractivity contribution < 1.29 is 9.53 Å². The van der Waals surface area contributed by atoms with Crippen molar-refractivity contribution in [3.05, 3.63) is 35.9 Å². The van der Waals surface area contributed by atoms with Gasteiger partial charge >= 0.3 is 5.97 Å². The van der Waals surface area contributed by atoms with Crippen LogP contribution in [-0.4, -0.2) is 25.2 Å². The lowest BCUT2D eigenvalue weighted by molar-refractivity contribution is -0.143. The molecule has 4 heteroatoms. The second-order valence-corrected chi connectivity index (χ2v) is 4.40. The van der Waals surface area contributed by atoms with Gasteiger partial charge in [-0.25, -0.2) is 0 Å². The molecule has 0 fully saturated rings. The van der Waals surface area contributed by atoms with Crippen LogP contribution < -0.4 is 5.32 Å². The minimum atomic E-state index is -0.483. The first kappa shape index (κ1) is 15.2. The minimum Gasteiger partial charge on any atom is -0.468 e. The second kappa shape index (κ2) is 8.28. The van der Waals surface area contributed by atoms with E-state index in [-0.39, 0.29) is 12.0 Å². The standard InChI is InChI=1S/C15H20N2O2/c1-3-7-13(11-16)17-14(15(18)19-2)10-12-8-5-4-6-9-12/h4-6,8-9,13-14,17H,3,7,10H2,1-2H3/t13-,14-/m0/s1. The molecule has 4 nitrogen and oxygen atoms in total. The van der Waals surface area contributed by atoms with Gasteiger partial charge in [0.2, 0.25) is 0 Å². The first-order valence-electron chi connectivity index (χ1n) is 6.48. The molecule has 0 aliphatic heterocycles. The Bertz CT molecular complexity index is 426. The highest BCUT2D eigenvalue weighted by molar-refractivity contribution is 5.76. The van der Waals surface area contributed by atoms with Gasteiger partial charge in [-0.1, -0.05) is 43.7 Å². The Morgan fingerprint density at radius 2 is 2.11 bits per heavy atom. The van der Waals surface area contributed by atoms with Crippen molar-refractivity contribution >= 4 is 5.97 Å². The maximum Gasteiger partial charge on any atom is 0.323 e.